The van der Waals surface area contributed by atoms with E-state index < -0.39 is 0 Å². The van der Waals surface area contributed by atoms with Crippen LogP contribution in [0.25, 0.3) is 0 Å². The number of ether oxygens (including phenoxy) is 2. The van der Waals surface area contributed by atoms with E-state index in [0.29, 0.717) is 18.7 Å². The predicted octanol–water partition coefficient (Wildman–Crippen LogP) is 2.77. The van der Waals surface area contributed by atoms with Crippen molar-refractivity contribution in [2.24, 2.45) is 0 Å². The quantitative estimate of drug-likeness (QED) is 0.887. The van der Waals surface area contributed by atoms with E-state index in [1.54, 1.807) is 38.5 Å². The number of amides is 1. The molecule has 2 aromatic rings. The zero-order valence-corrected chi connectivity index (χ0v) is 12.3. The Bertz CT molecular complexity index is 593. The van der Waals surface area contributed by atoms with E-state index in [1.165, 1.54) is 0 Å². The average molecular weight is 285 g/mol. The number of benzene rings is 2. The summed E-state index contributed by atoms with van der Waals surface area (Å²) in [5.74, 6) is 0.627. The molecule has 0 saturated heterocycles. The minimum atomic E-state index is -0.107. The molecular formula is C17H19NO3. The number of methoxy groups -OCH3 is 2. The average Bonchev–Trinajstić information content (AvgIpc) is 2.54. The lowest BCUT2D eigenvalue weighted by Gasteiger charge is -2.10. The maximum absolute atomic E-state index is 12.1. The Morgan fingerprint density at radius 3 is 2.29 bits per heavy atom. The van der Waals surface area contributed by atoms with Crippen molar-refractivity contribution in [1.82, 2.24) is 5.32 Å². The van der Waals surface area contributed by atoms with Gasteiger partial charge in [0.2, 0.25) is 0 Å². The second kappa shape index (κ2) is 7.45. The predicted molar refractivity (Wildman–Crippen MR) is 81.3 cm³/mol. The molecule has 0 heterocycles. The molecule has 0 aliphatic heterocycles. The number of hydrogen-bond donors (Lipinski definition) is 1. The molecule has 0 spiro atoms. The Kier molecular flexibility index (Phi) is 5.35. The molecule has 1 amide bonds. The third kappa shape index (κ3) is 4.07. The summed E-state index contributed by atoms with van der Waals surface area (Å²) in [6.45, 7) is 1.01. The van der Waals surface area contributed by atoms with Crippen LogP contribution in [-0.2, 0) is 17.9 Å². The SMILES string of the molecule is COCc1ccccc1CNC(=O)c1ccc(OC)cc1. The van der Waals surface area contributed by atoms with Crippen LogP contribution in [0, 0.1) is 0 Å². The van der Waals surface area contributed by atoms with Gasteiger partial charge in [0, 0.05) is 19.2 Å². The van der Waals surface area contributed by atoms with Crippen molar-refractivity contribution in [3.8, 4) is 5.75 Å². The molecule has 4 nitrogen and oxygen atoms in total. The highest BCUT2D eigenvalue weighted by atomic mass is 16.5. The van der Waals surface area contributed by atoms with Crippen LogP contribution in [0.4, 0.5) is 0 Å². The van der Waals surface area contributed by atoms with Gasteiger partial charge in [0.15, 0.2) is 0 Å². The van der Waals surface area contributed by atoms with Gasteiger partial charge in [-0.25, -0.2) is 0 Å². The lowest BCUT2D eigenvalue weighted by atomic mass is 10.1. The number of rotatable bonds is 6. The molecule has 0 saturated carbocycles. The maximum atomic E-state index is 12.1. The molecular weight excluding hydrogens is 266 g/mol. The van der Waals surface area contributed by atoms with Gasteiger partial charge in [0.05, 0.1) is 13.7 Å². The van der Waals surface area contributed by atoms with E-state index in [-0.39, 0.29) is 5.91 Å². The molecule has 0 aliphatic carbocycles. The number of carbonyl (C=O) groups excluding carboxylic acids is 1. The fourth-order valence-electron chi connectivity index (χ4n) is 2.05. The van der Waals surface area contributed by atoms with Gasteiger partial charge in [-0.05, 0) is 35.4 Å². The first-order chi connectivity index (χ1) is 10.2. The maximum Gasteiger partial charge on any atom is 0.251 e. The van der Waals surface area contributed by atoms with E-state index in [0.717, 1.165) is 16.9 Å². The Labute approximate surface area is 124 Å². The van der Waals surface area contributed by atoms with E-state index in [4.69, 9.17) is 9.47 Å². The van der Waals surface area contributed by atoms with Crippen molar-refractivity contribution >= 4 is 5.91 Å². The number of carbonyl (C=O) groups is 1. The summed E-state index contributed by atoms with van der Waals surface area (Å²) in [4.78, 5) is 12.1. The molecule has 110 valence electrons. The molecule has 0 fully saturated rings. The summed E-state index contributed by atoms with van der Waals surface area (Å²) in [5, 5.41) is 2.92. The standard InChI is InChI=1S/C17H19NO3/c1-20-12-15-6-4-3-5-14(15)11-18-17(19)13-7-9-16(21-2)10-8-13/h3-10H,11-12H2,1-2H3,(H,18,19). The van der Waals surface area contributed by atoms with Gasteiger partial charge in [-0.1, -0.05) is 24.3 Å². The lowest BCUT2D eigenvalue weighted by Crippen LogP contribution is -2.23. The van der Waals surface area contributed by atoms with Crippen LogP contribution in [0.3, 0.4) is 0 Å². The summed E-state index contributed by atoms with van der Waals surface area (Å²) in [5.41, 5.74) is 2.75. The van der Waals surface area contributed by atoms with Crippen LogP contribution >= 0.6 is 0 Å². The molecule has 0 atom stereocenters. The first-order valence-electron chi connectivity index (χ1n) is 6.72. The minimum Gasteiger partial charge on any atom is -0.497 e. The van der Waals surface area contributed by atoms with Crippen LogP contribution in [-0.4, -0.2) is 20.1 Å². The fourth-order valence-corrected chi connectivity index (χ4v) is 2.05. The Hall–Kier alpha value is -2.33. The van der Waals surface area contributed by atoms with Crippen molar-refractivity contribution in [1.29, 1.82) is 0 Å². The van der Waals surface area contributed by atoms with E-state index in [9.17, 15) is 4.79 Å². The van der Waals surface area contributed by atoms with Crippen molar-refractivity contribution in [3.63, 3.8) is 0 Å². The summed E-state index contributed by atoms with van der Waals surface area (Å²) < 4.78 is 10.2. The highest BCUT2D eigenvalue weighted by Crippen LogP contribution is 2.12. The zero-order chi connectivity index (χ0) is 15.1. The molecule has 21 heavy (non-hydrogen) atoms. The largest absolute Gasteiger partial charge is 0.497 e. The smallest absolute Gasteiger partial charge is 0.251 e. The molecule has 1 N–H and O–H groups in total. The van der Waals surface area contributed by atoms with Gasteiger partial charge >= 0.3 is 0 Å². The Morgan fingerprint density at radius 2 is 1.67 bits per heavy atom. The third-order valence-electron chi connectivity index (χ3n) is 3.21. The number of hydrogen-bond acceptors (Lipinski definition) is 3. The van der Waals surface area contributed by atoms with E-state index in [1.807, 2.05) is 24.3 Å². The highest BCUT2D eigenvalue weighted by molar-refractivity contribution is 5.94. The summed E-state index contributed by atoms with van der Waals surface area (Å²) >= 11 is 0. The van der Waals surface area contributed by atoms with Crippen LogP contribution in [0.1, 0.15) is 21.5 Å². The van der Waals surface area contributed by atoms with Gasteiger partial charge < -0.3 is 14.8 Å². The van der Waals surface area contributed by atoms with Gasteiger partial charge in [-0.2, -0.15) is 0 Å². The zero-order valence-electron chi connectivity index (χ0n) is 12.3. The Balaban J connectivity index is 2.00. The molecule has 4 heteroatoms. The molecule has 0 aliphatic rings. The van der Waals surface area contributed by atoms with E-state index in [2.05, 4.69) is 5.32 Å². The van der Waals surface area contributed by atoms with Gasteiger partial charge in [0.1, 0.15) is 5.75 Å². The van der Waals surface area contributed by atoms with Crippen LogP contribution in [0.5, 0.6) is 5.75 Å². The normalized spacial score (nSPS) is 10.2. The first kappa shape index (κ1) is 15.1. The van der Waals surface area contributed by atoms with Crippen LogP contribution in [0.15, 0.2) is 48.5 Å². The molecule has 0 bridgehead atoms. The first-order valence-corrected chi connectivity index (χ1v) is 6.72. The topological polar surface area (TPSA) is 47.6 Å². The van der Waals surface area contributed by atoms with Crippen LogP contribution < -0.4 is 10.1 Å². The van der Waals surface area contributed by atoms with Gasteiger partial charge in [-0.3, -0.25) is 4.79 Å². The van der Waals surface area contributed by atoms with E-state index >= 15 is 0 Å². The van der Waals surface area contributed by atoms with Gasteiger partial charge in [0.25, 0.3) is 5.91 Å². The van der Waals surface area contributed by atoms with Crippen LogP contribution in [0.2, 0.25) is 0 Å². The third-order valence-corrected chi connectivity index (χ3v) is 3.21. The van der Waals surface area contributed by atoms with Crippen molar-refractivity contribution < 1.29 is 14.3 Å². The fraction of sp³-hybridized carbons (Fsp3) is 0.235. The summed E-state index contributed by atoms with van der Waals surface area (Å²) in [6.07, 6.45) is 0. The van der Waals surface area contributed by atoms with Gasteiger partial charge in [-0.15, -0.1) is 0 Å². The summed E-state index contributed by atoms with van der Waals surface area (Å²) in [7, 11) is 3.26. The Morgan fingerprint density at radius 1 is 1.00 bits per heavy atom. The molecule has 2 aromatic carbocycles. The summed E-state index contributed by atoms with van der Waals surface area (Å²) in [6, 6.07) is 14.9. The van der Waals surface area contributed by atoms with Crippen molar-refractivity contribution in [2.75, 3.05) is 14.2 Å². The van der Waals surface area contributed by atoms with Crippen molar-refractivity contribution in [2.45, 2.75) is 13.2 Å². The number of nitrogens with one attached hydrogen (secondary N) is 1. The minimum absolute atomic E-state index is 0.107. The molecule has 0 radical (unpaired) electrons. The molecule has 2 rings (SSSR count). The second-order valence-corrected chi connectivity index (χ2v) is 4.61. The molecule has 0 aromatic heterocycles. The second-order valence-electron chi connectivity index (χ2n) is 4.61. The molecule has 0 unspecified atom stereocenters. The monoisotopic (exact) mass is 285 g/mol. The lowest BCUT2D eigenvalue weighted by molar-refractivity contribution is 0.0950. The highest BCUT2D eigenvalue weighted by Gasteiger charge is 2.07. The van der Waals surface area contributed by atoms with Crippen molar-refractivity contribution in [3.05, 3.63) is 65.2 Å².